The van der Waals surface area contributed by atoms with Gasteiger partial charge in [0, 0.05) is 25.6 Å². The first kappa shape index (κ1) is 18.9. The van der Waals surface area contributed by atoms with Crippen molar-refractivity contribution in [1.82, 2.24) is 15.1 Å². The number of carbonyl (C=O) groups is 2. The number of ether oxygens (including phenoxy) is 1. The van der Waals surface area contributed by atoms with E-state index in [9.17, 15) is 9.59 Å². The first-order valence-corrected chi connectivity index (χ1v) is 9.33. The van der Waals surface area contributed by atoms with Gasteiger partial charge in [-0.05, 0) is 37.0 Å². The van der Waals surface area contributed by atoms with Crippen LogP contribution in [-0.2, 0) is 18.3 Å². The number of anilines is 1. The number of methoxy groups -OCH3 is 1. The maximum Gasteiger partial charge on any atom is 0.271 e. The van der Waals surface area contributed by atoms with Crippen molar-refractivity contribution in [2.24, 2.45) is 13.0 Å². The molecule has 1 fully saturated rings. The van der Waals surface area contributed by atoms with Crippen LogP contribution in [0, 0.1) is 5.92 Å². The molecule has 0 bridgehead atoms. The van der Waals surface area contributed by atoms with Gasteiger partial charge in [0.25, 0.3) is 5.91 Å². The highest BCUT2D eigenvalue weighted by molar-refractivity contribution is 5.96. The van der Waals surface area contributed by atoms with Crippen molar-refractivity contribution in [2.75, 3.05) is 19.0 Å². The lowest BCUT2D eigenvalue weighted by atomic mass is 10.1. The molecule has 2 aromatic rings. The molecule has 1 aliphatic carbocycles. The fraction of sp³-hybridized carbons (Fsp3) is 0.450. The summed E-state index contributed by atoms with van der Waals surface area (Å²) in [5.74, 6) is 1.17. The topological polar surface area (TPSA) is 85.3 Å². The Morgan fingerprint density at radius 2 is 2.04 bits per heavy atom. The number of rotatable bonds is 7. The molecule has 1 aromatic heterocycles. The third-order valence-electron chi connectivity index (χ3n) is 4.92. The quantitative estimate of drug-likeness (QED) is 0.784. The predicted octanol–water partition coefficient (Wildman–Crippen LogP) is 2.53. The summed E-state index contributed by atoms with van der Waals surface area (Å²) in [6.45, 7) is 0.492. The van der Waals surface area contributed by atoms with Gasteiger partial charge in [-0.15, -0.1) is 0 Å². The third kappa shape index (κ3) is 4.87. The lowest BCUT2D eigenvalue weighted by Gasteiger charge is -2.09. The van der Waals surface area contributed by atoms with Crippen molar-refractivity contribution in [3.05, 3.63) is 41.6 Å². The number of nitrogens with zero attached hydrogens (tertiary/aromatic N) is 2. The van der Waals surface area contributed by atoms with Gasteiger partial charge in [-0.3, -0.25) is 14.3 Å². The largest absolute Gasteiger partial charge is 0.497 e. The van der Waals surface area contributed by atoms with E-state index in [1.165, 1.54) is 4.68 Å². The smallest absolute Gasteiger partial charge is 0.271 e. The van der Waals surface area contributed by atoms with Crippen molar-refractivity contribution in [1.29, 1.82) is 0 Å². The summed E-state index contributed by atoms with van der Waals surface area (Å²) in [6.07, 6.45) is 4.76. The summed E-state index contributed by atoms with van der Waals surface area (Å²) in [5.41, 5.74) is 1.38. The van der Waals surface area contributed by atoms with Gasteiger partial charge in [-0.1, -0.05) is 25.0 Å². The van der Waals surface area contributed by atoms with Crippen LogP contribution in [0.3, 0.4) is 0 Å². The van der Waals surface area contributed by atoms with Crippen molar-refractivity contribution in [3.63, 3.8) is 0 Å². The number of hydrogen-bond acceptors (Lipinski definition) is 4. The highest BCUT2D eigenvalue weighted by atomic mass is 16.5. The zero-order valence-electron chi connectivity index (χ0n) is 15.8. The molecule has 7 heteroatoms. The van der Waals surface area contributed by atoms with E-state index >= 15 is 0 Å². The van der Waals surface area contributed by atoms with Gasteiger partial charge in [-0.25, -0.2) is 0 Å². The van der Waals surface area contributed by atoms with E-state index in [0.717, 1.165) is 37.0 Å². The Hall–Kier alpha value is -2.83. The third-order valence-corrected chi connectivity index (χ3v) is 4.92. The summed E-state index contributed by atoms with van der Waals surface area (Å²) >= 11 is 0. The zero-order valence-corrected chi connectivity index (χ0v) is 15.8. The minimum atomic E-state index is -0.255. The molecule has 3 rings (SSSR count). The Kier molecular flexibility index (Phi) is 6.11. The minimum Gasteiger partial charge on any atom is -0.497 e. The molecule has 7 nitrogen and oxygen atoms in total. The summed E-state index contributed by atoms with van der Waals surface area (Å²) in [4.78, 5) is 24.6. The second kappa shape index (κ2) is 8.70. The maximum absolute atomic E-state index is 12.3. The van der Waals surface area contributed by atoms with E-state index in [-0.39, 0.29) is 17.7 Å². The van der Waals surface area contributed by atoms with Crippen molar-refractivity contribution >= 4 is 17.6 Å². The van der Waals surface area contributed by atoms with E-state index in [4.69, 9.17) is 4.74 Å². The Morgan fingerprint density at radius 3 is 2.78 bits per heavy atom. The molecule has 0 unspecified atom stereocenters. The van der Waals surface area contributed by atoms with Crippen LogP contribution in [0.1, 0.15) is 41.7 Å². The Morgan fingerprint density at radius 1 is 1.26 bits per heavy atom. The number of aromatic nitrogens is 2. The van der Waals surface area contributed by atoms with Crippen molar-refractivity contribution in [3.8, 4) is 5.75 Å². The number of aryl methyl sites for hydroxylation is 1. The number of hydrogen-bond donors (Lipinski definition) is 2. The minimum absolute atomic E-state index is 0.0143. The van der Waals surface area contributed by atoms with Gasteiger partial charge >= 0.3 is 0 Å². The second-order valence-corrected chi connectivity index (χ2v) is 6.87. The lowest BCUT2D eigenvalue weighted by Crippen LogP contribution is -2.26. The molecule has 27 heavy (non-hydrogen) atoms. The van der Waals surface area contributed by atoms with E-state index in [2.05, 4.69) is 15.7 Å². The maximum atomic E-state index is 12.3. The molecule has 0 aliphatic heterocycles. The van der Waals surface area contributed by atoms with Crippen LogP contribution in [-0.4, -0.2) is 35.2 Å². The van der Waals surface area contributed by atoms with Gasteiger partial charge < -0.3 is 15.4 Å². The molecule has 0 saturated heterocycles. The van der Waals surface area contributed by atoms with E-state index in [1.54, 1.807) is 20.2 Å². The molecule has 2 N–H and O–H groups in total. The molecule has 1 heterocycles. The normalized spacial score (nSPS) is 14.1. The highest BCUT2D eigenvalue weighted by Crippen LogP contribution is 2.26. The van der Waals surface area contributed by atoms with Crippen LogP contribution in [0.15, 0.2) is 30.3 Å². The Labute approximate surface area is 159 Å². The van der Waals surface area contributed by atoms with Gasteiger partial charge in [-0.2, -0.15) is 5.10 Å². The fourth-order valence-electron chi connectivity index (χ4n) is 3.35. The van der Waals surface area contributed by atoms with Crippen molar-refractivity contribution < 1.29 is 14.3 Å². The van der Waals surface area contributed by atoms with Crippen LogP contribution >= 0.6 is 0 Å². The molecule has 2 amide bonds. The average molecular weight is 370 g/mol. The molecule has 1 saturated carbocycles. The number of carbonyl (C=O) groups excluding carboxylic acids is 2. The van der Waals surface area contributed by atoms with Gasteiger partial charge in [0.2, 0.25) is 5.91 Å². The predicted molar refractivity (Wildman–Crippen MR) is 103 cm³/mol. The lowest BCUT2D eigenvalue weighted by molar-refractivity contribution is -0.119. The van der Waals surface area contributed by atoms with Gasteiger partial charge in [0.15, 0.2) is 5.69 Å². The molecule has 0 radical (unpaired) electrons. The Bertz CT molecular complexity index is 809. The molecule has 144 valence electrons. The van der Waals surface area contributed by atoms with E-state index in [1.807, 2.05) is 24.3 Å². The number of nitrogens with one attached hydrogen (secondary N) is 2. The number of benzene rings is 1. The number of amides is 2. The molecular formula is C20H26N4O3. The first-order chi connectivity index (χ1) is 13.1. The van der Waals surface area contributed by atoms with Gasteiger partial charge in [0.05, 0.1) is 7.11 Å². The molecular weight excluding hydrogens is 344 g/mol. The van der Waals surface area contributed by atoms with Crippen LogP contribution < -0.4 is 15.4 Å². The summed E-state index contributed by atoms with van der Waals surface area (Å²) in [5, 5.41) is 9.97. The van der Waals surface area contributed by atoms with Gasteiger partial charge in [0.1, 0.15) is 11.6 Å². The van der Waals surface area contributed by atoms with Crippen LogP contribution in [0.4, 0.5) is 5.82 Å². The van der Waals surface area contributed by atoms with Crippen LogP contribution in [0.5, 0.6) is 5.75 Å². The monoisotopic (exact) mass is 370 g/mol. The van der Waals surface area contributed by atoms with Crippen LogP contribution in [0.2, 0.25) is 0 Å². The molecule has 0 atom stereocenters. The van der Waals surface area contributed by atoms with E-state index < -0.39 is 0 Å². The first-order valence-electron chi connectivity index (χ1n) is 9.33. The Balaban J connectivity index is 1.53. The SMILES string of the molecule is COc1cccc(CCNC(=O)c2cc(NC(=O)C3CCCC3)n(C)n2)c1. The standard InChI is InChI=1S/C20H26N4O3/c1-24-18(22-19(25)15-7-3-4-8-15)13-17(23-24)20(26)21-11-10-14-6-5-9-16(12-14)27-2/h5-6,9,12-13,15H,3-4,7-8,10-11H2,1-2H3,(H,21,26)(H,22,25). The molecule has 1 aliphatic rings. The van der Waals surface area contributed by atoms with Crippen molar-refractivity contribution in [2.45, 2.75) is 32.1 Å². The zero-order chi connectivity index (χ0) is 19.2. The molecule has 1 aromatic carbocycles. The van der Waals surface area contributed by atoms with E-state index in [0.29, 0.717) is 24.5 Å². The summed E-state index contributed by atoms with van der Waals surface area (Å²) < 4.78 is 6.73. The summed E-state index contributed by atoms with van der Waals surface area (Å²) in [7, 11) is 3.35. The highest BCUT2D eigenvalue weighted by Gasteiger charge is 2.24. The second-order valence-electron chi connectivity index (χ2n) is 6.87. The summed E-state index contributed by atoms with van der Waals surface area (Å²) in [6, 6.07) is 9.37. The fourth-order valence-corrected chi connectivity index (χ4v) is 3.35. The van der Waals surface area contributed by atoms with Crippen LogP contribution in [0.25, 0.3) is 0 Å². The molecule has 0 spiro atoms. The average Bonchev–Trinajstić information content (AvgIpc) is 3.32.